The number of nitrogens with one attached hydrogen (secondary N) is 1. The quantitative estimate of drug-likeness (QED) is 0.732. The Hall–Kier alpha value is -2.33. The van der Waals surface area contributed by atoms with Gasteiger partial charge in [0.15, 0.2) is 4.77 Å². The first-order valence-electron chi connectivity index (χ1n) is 6.75. The predicted molar refractivity (Wildman–Crippen MR) is 86.3 cm³/mol. The van der Waals surface area contributed by atoms with E-state index in [-0.39, 0.29) is 6.04 Å². The number of ether oxygens (including phenoxy) is 1. The second-order valence-electron chi connectivity index (χ2n) is 4.73. The number of hydrogen-bond donors (Lipinski definition) is 1. The number of rotatable bonds is 4. The molecule has 3 aromatic rings. The van der Waals surface area contributed by atoms with E-state index in [1.807, 2.05) is 41.0 Å². The Bertz CT molecular complexity index is 723. The summed E-state index contributed by atoms with van der Waals surface area (Å²) < 4.78 is 8.10. The number of nitrogens with zero attached hydrogens (tertiary/aromatic N) is 1. The van der Waals surface area contributed by atoms with Gasteiger partial charge in [0.25, 0.3) is 0 Å². The van der Waals surface area contributed by atoms with Gasteiger partial charge in [0.2, 0.25) is 5.88 Å². The molecule has 1 heterocycles. The Morgan fingerprint density at radius 2 is 1.48 bits per heavy atom. The van der Waals surface area contributed by atoms with Gasteiger partial charge in [0.1, 0.15) is 0 Å². The second kappa shape index (κ2) is 5.97. The minimum Gasteiger partial charge on any atom is -0.481 e. The minimum atomic E-state index is -0.0129. The van der Waals surface area contributed by atoms with Gasteiger partial charge in [-0.15, -0.1) is 0 Å². The van der Waals surface area contributed by atoms with Gasteiger partial charge in [-0.2, -0.15) is 0 Å². The van der Waals surface area contributed by atoms with Crippen LogP contribution in [-0.2, 0) is 0 Å². The van der Waals surface area contributed by atoms with E-state index in [9.17, 15) is 0 Å². The van der Waals surface area contributed by atoms with Crippen molar-refractivity contribution >= 4 is 12.2 Å². The Balaban J connectivity index is 2.22. The lowest BCUT2D eigenvalue weighted by Crippen LogP contribution is -2.13. The first kappa shape index (κ1) is 13.6. The van der Waals surface area contributed by atoms with Gasteiger partial charge in [-0.05, 0) is 23.3 Å². The van der Waals surface area contributed by atoms with Crippen molar-refractivity contribution in [2.45, 2.75) is 6.04 Å². The molecule has 0 unspecified atom stereocenters. The maximum absolute atomic E-state index is 5.46. The first-order chi connectivity index (χ1) is 10.3. The van der Waals surface area contributed by atoms with Crippen molar-refractivity contribution in [3.8, 4) is 5.88 Å². The third-order valence-corrected chi connectivity index (χ3v) is 3.79. The van der Waals surface area contributed by atoms with Crippen LogP contribution in [0.15, 0.2) is 66.9 Å². The molecule has 1 aromatic heterocycles. The van der Waals surface area contributed by atoms with Crippen molar-refractivity contribution < 1.29 is 4.74 Å². The number of hydrogen-bond acceptors (Lipinski definition) is 2. The monoisotopic (exact) mass is 296 g/mol. The third-order valence-electron chi connectivity index (χ3n) is 3.47. The fourth-order valence-electron chi connectivity index (χ4n) is 2.53. The van der Waals surface area contributed by atoms with Crippen LogP contribution in [0.4, 0.5) is 0 Å². The smallest absolute Gasteiger partial charge is 0.212 e. The summed E-state index contributed by atoms with van der Waals surface area (Å²) in [6, 6.07) is 20.6. The topological polar surface area (TPSA) is 29.9 Å². The van der Waals surface area contributed by atoms with Crippen LogP contribution in [-0.4, -0.2) is 16.7 Å². The predicted octanol–water partition coefficient (Wildman–Crippen LogP) is 4.19. The van der Waals surface area contributed by atoms with Crippen LogP contribution in [0.1, 0.15) is 17.2 Å². The molecule has 2 aromatic carbocycles. The molecule has 0 saturated carbocycles. The molecule has 0 saturated heterocycles. The van der Waals surface area contributed by atoms with Crippen LogP contribution >= 0.6 is 12.2 Å². The molecular formula is C17H16N2OS. The maximum atomic E-state index is 5.46. The molecule has 0 amide bonds. The molecule has 0 fully saturated rings. The van der Waals surface area contributed by atoms with Crippen molar-refractivity contribution in [1.82, 2.24) is 9.55 Å². The molecule has 3 nitrogen and oxygen atoms in total. The molecule has 1 N–H and O–H groups in total. The Labute approximate surface area is 128 Å². The number of aromatic amines is 1. The summed E-state index contributed by atoms with van der Waals surface area (Å²) in [4.78, 5) is 3.06. The normalized spacial score (nSPS) is 10.8. The van der Waals surface area contributed by atoms with Gasteiger partial charge in [-0.25, -0.2) is 0 Å². The highest BCUT2D eigenvalue weighted by Crippen LogP contribution is 2.30. The molecule has 0 aliphatic rings. The summed E-state index contributed by atoms with van der Waals surface area (Å²) in [5.74, 6) is 0.720. The van der Waals surface area contributed by atoms with Gasteiger partial charge >= 0.3 is 0 Å². The fourth-order valence-corrected chi connectivity index (χ4v) is 2.78. The zero-order chi connectivity index (χ0) is 14.7. The lowest BCUT2D eigenvalue weighted by Gasteiger charge is -2.21. The lowest BCUT2D eigenvalue weighted by molar-refractivity contribution is 0.368. The molecule has 3 rings (SSSR count). The summed E-state index contributed by atoms with van der Waals surface area (Å²) in [7, 11) is 1.65. The Morgan fingerprint density at radius 3 is 1.95 bits per heavy atom. The largest absolute Gasteiger partial charge is 0.481 e. The van der Waals surface area contributed by atoms with E-state index in [1.54, 1.807) is 13.3 Å². The van der Waals surface area contributed by atoms with Crippen molar-refractivity contribution in [3.63, 3.8) is 0 Å². The highest BCUT2D eigenvalue weighted by atomic mass is 32.1. The first-order valence-corrected chi connectivity index (χ1v) is 7.16. The summed E-state index contributed by atoms with van der Waals surface area (Å²) in [5, 5.41) is 0. The minimum absolute atomic E-state index is 0.0129. The van der Waals surface area contributed by atoms with Gasteiger partial charge in [0, 0.05) is 0 Å². The standard InChI is InChI=1S/C17H16N2OS/c1-20-15-12-18-17(21)19(15)16(13-8-4-2-5-9-13)14-10-6-3-7-11-14/h2-12,16H,1H3,(H,18,21). The van der Waals surface area contributed by atoms with Crippen LogP contribution in [0.3, 0.4) is 0 Å². The number of benzene rings is 2. The number of aromatic nitrogens is 2. The molecule has 0 aliphatic heterocycles. The van der Waals surface area contributed by atoms with E-state index >= 15 is 0 Å². The zero-order valence-corrected chi connectivity index (χ0v) is 12.5. The third kappa shape index (κ3) is 2.62. The van der Waals surface area contributed by atoms with E-state index in [0.29, 0.717) is 4.77 Å². The van der Waals surface area contributed by atoms with Gasteiger partial charge in [-0.1, -0.05) is 60.7 Å². The summed E-state index contributed by atoms with van der Waals surface area (Å²) in [6.45, 7) is 0. The molecule has 106 valence electrons. The number of methoxy groups -OCH3 is 1. The number of imidazole rings is 1. The molecular weight excluding hydrogens is 280 g/mol. The second-order valence-corrected chi connectivity index (χ2v) is 5.12. The highest BCUT2D eigenvalue weighted by molar-refractivity contribution is 7.71. The van der Waals surface area contributed by atoms with Gasteiger partial charge < -0.3 is 9.72 Å². The maximum Gasteiger partial charge on any atom is 0.212 e. The van der Waals surface area contributed by atoms with Crippen molar-refractivity contribution in [2.24, 2.45) is 0 Å². The number of H-pyrrole nitrogens is 1. The van der Waals surface area contributed by atoms with Crippen LogP contribution in [0.25, 0.3) is 0 Å². The average Bonchev–Trinajstić information content (AvgIpc) is 2.91. The summed E-state index contributed by atoms with van der Waals surface area (Å²) in [5.41, 5.74) is 2.33. The van der Waals surface area contributed by atoms with E-state index < -0.39 is 0 Å². The Morgan fingerprint density at radius 1 is 0.952 bits per heavy atom. The summed E-state index contributed by atoms with van der Waals surface area (Å²) in [6.07, 6.45) is 1.79. The summed E-state index contributed by atoms with van der Waals surface area (Å²) >= 11 is 5.44. The molecule has 0 spiro atoms. The van der Waals surface area contributed by atoms with Crippen LogP contribution in [0.2, 0.25) is 0 Å². The van der Waals surface area contributed by atoms with Crippen molar-refractivity contribution in [2.75, 3.05) is 7.11 Å². The van der Waals surface area contributed by atoms with Gasteiger partial charge in [-0.3, -0.25) is 4.57 Å². The highest BCUT2D eigenvalue weighted by Gasteiger charge is 2.20. The van der Waals surface area contributed by atoms with Crippen LogP contribution in [0.5, 0.6) is 5.88 Å². The Kier molecular flexibility index (Phi) is 3.88. The van der Waals surface area contributed by atoms with Gasteiger partial charge in [0.05, 0.1) is 19.3 Å². The van der Waals surface area contributed by atoms with Crippen LogP contribution in [0, 0.1) is 4.77 Å². The molecule has 21 heavy (non-hydrogen) atoms. The molecule has 0 atom stereocenters. The van der Waals surface area contributed by atoms with E-state index in [2.05, 4.69) is 29.2 Å². The van der Waals surface area contributed by atoms with Crippen molar-refractivity contribution in [1.29, 1.82) is 0 Å². The van der Waals surface area contributed by atoms with E-state index in [4.69, 9.17) is 17.0 Å². The molecule has 0 aliphatic carbocycles. The SMILES string of the molecule is COc1c[nH]c(=S)n1C(c1ccccc1)c1ccccc1. The van der Waals surface area contributed by atoms with Crippen molar-refractivity contribution in [3.05, 3.63) is 82.8 Å². The zero-order valence-electron chi connectivity index (χ0n) is 11.7. The lowest BCUT2D eigenvalue weighted by atomic mass is 9.98. The fraction of sp³-hybridized carbons (Fsp3) is 0.118. The van der Waals surface area contributed by atoms with Crippen LogP contribution < -0.4 is 4.74 Å². The molecule has 4 heteroatoms. The average molecular weight is 296 g/mol. The molecule has 0 radical (unpaired) electrons. The molecule has 0 bridgehead atoms. The van der Waals surface area contributed by atoms with E-state index in [1.165, 1.54) is 0 Å². The van der Waals surface area contributed by atoms with E-state index in [0.717, 1.165) is 17.0 Å².